The third kappa shape index (κ3) is 7.88. The molecule has 2 heterocycles. The van der Waals surface area contributed by atoms with E-state index < -0.39 is 27.5 Å². The summed E-state index contributed by atoms with van der Waals surface area (Å²) in [5.74, 6) is 1.35. The third-order valence-corrected chi connectivity index (χ3v) is 8.87. The van der Waals surface area contributed by atoms with Crippen LogP contribution in [-0.2, 0) is 19.6 Å². The monoisotopic (exact) mass is 582 g/mol. The lowest BCUT2D eigenvalue weighted by Crippen LogP contribution is -2.36. The van der Waals surface area contributed by atoms with Gasteiger partial charge in [0.25, 0.3) is 15.9 Å². The van der Waals surface area contributed by atoms with Crippen LogP contribution in [-0.4, -0.2) is 58.6 Å². The maximum atomic E-state index is 13.3. The van der Waals surface area contributed by atoms with E-state index in [0.717, 1.165) is 32.9 Å². The van der Waals surface area contributed by atoms with E-state index in [1.165, 1.54) is 30.9 Å². The quantitative estimate of drug-likeness (QED) is 0.305. The smallest absolute Gasteiger partial charge is 0.389 e. The van der Waals surface area contributed by atoms with Gasteiger partial charge in [-0.3, -0.25) is 9.52 Å². The number of halogens is 3. The fourth-order valence-corrected chi connectivity index (χ4v) is 5.50. The molecule has 0 atom stereocenters. The van der Waals surface area contributed by atoms with E-state index in [2.05, 4.69) is 19.9 Å². The van der Waals surface area contributed by atoms with Crippen molar-refractivity contribution in [2.24, 2.45) is 10.4 Å². The maximum absolute atomic E-state index is 13.3. The molecular weight excluding hydrogens is 549 g/mol. The molecule has 2 N–H and O–H groups in total. The van der Waals surface area contributed by atoms with Gasteiger partial charge < -0.3 is 15.0 Å². The summed E-state index contributed by atoms with van der Waals surface area (Å²) in [5, 5.41) is 2.84. The van der Waals surface area contributed by atoms with Crippen molar-refractivity contribution in [3.8, 4) is 0 Å². The molecule has 2 fully saturated rings. The van der Waals surface area contributed by atoms with Crippen LogP contribution < -0.4 is 14.9 Å². The molecule has 1 saturated heterocycles. The van der Waals surface area contributed by atoms with Crippen LogP contribution in [0.4, 0.5) is 24.5 Å². The predicted molar refractivity (Wildman–Crippen MR) is 145 cm³/mol. The van der Waals surface area contributed by atoms with Gasteiger partial charge in [-0.15, -0.1) is 0 Å². The van der Waals surface area contributed by atoms with Gasteiger partial charge in [-0.25, -0.2) is 18.2 Å². The number of nitrogens with one attached hydrogen (secondary N) is 2. The van der Waals surface area contributed by atoms with Gasteiger partial charge >= 0.3 is 6.18 Å². The maximum Gasteiger partial charge on any atom is 0.389 e. The minimum Gasteiger partial charge on any atom is -0.481 e. The molecule has 1 spiro atoms. The molecule has 0 radical (unpaired) electrons. The number of nitrogens with zero attached hydrogens (tertiary/aromatic N) is 2. The van der Waals surface area contributed by atoms with Gasteiger partial charge in [0.1, 0.15) is 10.8 Å². The topological polar surface area (TPSA) is 117 Å². The molecule has 1 saturated carbocycles. The average Bonchev–Trinajstić information content (AvgIpc) is 3.67. The minimum absolute atomic E-state index is 0.0866. The number of carbonyl (C=O) groups is 1. The van der Waals surface area contributed by atoms with Crippen molar-refractivity contribution in [3.05, 3.63) is 40.4 Å². The number of ether oxygens (including phenoxy) is 1. The summed E-state index contributed by atoms with van der Waals surface area (Å²) < 4.78 is 69.6. The highest BCUT2D eigenvalue weighted by Gasteiger charge is 2.44. The number of allylic oxidation sites excluding steroid dienone is 2. The second-order valence-corrected chi connectivity index (χ2v) is 12.3. The molecule has 1 aromatic carbocycles. The Bertz CT molecular complexity index is 1340. The van der Waals surface area contributed by atoms with E-state index in [1.54, 1.807) is 6.07 Å². The highest BCUT2D eigenvalue weighted by atomic mass is 32.2. The predicted octanol–water partition coefficient (Wildman–Crippen LogP) is 4.71. The van der Waals surface area contributed by atoms with Crippen LogP contribution in [0, 0.1) is 5.41 Å². The van der Waals surface area contributed by atoms with E-state index in [-0.39, 0.29) is 31.2 Å². The molecule has 2 aliphatic heterocycles. The van der Waals surface area contributed by atoms with E-state index in [4.69, 9.17) is 4.74 Å². The van der Waals surface area contributed by atoms with Gasteiger partial charge in [-0.2, -0.15) is 13.2 Å². The molecule has 0 unspecified atom stereocenters. The molecule has 218 valence electrons. The number of aliphatic imine (C=N–C) groups is 1. The zero-order chi connectivity index (χ0) is 29.0. The molecule has 0 bridgehead atoms. The fraction of sp³-hybridized carbons (Fsp3) is 0.556. The molecule has 13 heteroatoms. The van der Waals surface area contributed by atoms with Crippen molar-refractivity contribution in [2.75, 3.05) is 35.9 Å². The Labute approximate surface area is 231 Å². The number of rotatable bonds is 10. The summed E-state index contributed by atoms with van der Waals surface area (Å²) in [5.41, 5.74) is 2.10. The van der Waals surface area contributed by atoms with Crippen molar-refractivity contribution in [1.82, 2.24) is 5.32 Å². The summed E-state index contributed by atoms with van der Waals surface area (Å²) in [7, 11) is -4.06. The number of hydrogen-bond donors (Lipinski definition) is 2. The van der Waals surface area contributed by atoms with Crippen molar-refractivity contribution < 1.29 is 35.9 Å². The van der Waals surface area contributed by atoms with Crippen LogP contribution in [0.5, 0.6) is 0 Å². The normalized spacial score (nSPS) is 18.4. The Hall–Kier alpha value is -3.31. The Morgan fingerprint density at radius 2 is 1.93 bits per heavy atom. The minimum atomic E-state index is -4.23. The van der Waals surface area contributed by atoms with Gasteiger partial charge in [0.2, 0.25) is 0 Å². The highest BCUT2D eigenvalue weighted by molar-refractivity contribution is 7.96. The Balaban J connectivity index is 1.44. The second kappa shape index (κ2) is 12.1. The molecule has 1 aromatic rings. The summed E-state index contributed by atoms with van der Waals surface area (Å²) in [4.78, 5) is 30.1. The largest absolute Gasteiger partial charge is 0.481 e. The lowest BCUT2D eigenvalue weighted by Gasteiger charge is -2.35. The Morgan fingerprint density at radius 3 is 2.58 bits per heavy atom. The number of amides is 1. The first-order chi connectivity index (χ1) is 18.9. The summed E-state index contributed by atoms with van der Waals surface area (Å²) >= 11 is 0. The average molecular weight is 583 g/mol. The van der Waals surface area contributed by atoms with Crippen LogP contribution in [0.25, 0.3) is 0 Å². The molecule has 4 rings (SSSR count). The van der Waals surface area contributed by atoms with Gasteiger partial charge in [0.15, 0.2) is 5.90 Å². The van der Waals surface area contributed by atoms with Crippen molar-refractivity contribution in [2.45, 2.75) is 64.5 Å². The number of piperidine rings is 1. The first-order valence-corrected chi connectivity index (χ1v) is 14.8. The van der Waals surface area contributed by atoms with Gasteiger partial charge in [-0.1, -0.05) is 6.08 Å². The second-order valence-electron chi connectivity index (χ2n) is 10.5. The zero-order valence-corrected chi connectivity index (χ0v) is 23.1. The standard InChI is InChI=1S/C27H33F3N4O5S/c1-19(18-35)40(37,38)33-20-6-7-22(23(16-20)34-13-11-26(9-10-26)12-14-34)25(36)31-17-21-4-2-5-24(32-21)39-15-3-8-27(28,29)30/h4,6-7,16,33H,2-3,5,8-15,17H2,1H3,(H,31,36). The number of sulfonamides is 1. The van der Waals surface area contributed by atoms with Crippen molar-refractivity contribution >= 4 is 39.1 Å². The van der Waals surface area contributed by atoms with Crippen LogP contribution in [0.3, 0.4) is 0 Å². The first kappa shape index (κ1) is 29.7. The van der Waals surface area contributed by atoms with Crippen LogP contribution in [0.1, 0.15) is 68.6 Å². The molecule has 0 aromatic heterocycles. The number of hydrogen-bond acceptors (Lipinski definition) is 7. The summed E-state index contributed by atoms with van der Waals surface area (Å²) in [6.07, 6.45) is 1.98. The number of alkyl halides is 3. The lowest BCUT2D eigenvalue weighted by atomic mass is 9.93. The SMILES string of the molecule is CC(=C=O)S(=O)(=O)Nc1ccc(C(=O)NCC2=CCCC(OCCCC(F)(F)F)=N2)c(N2CCC3(CC2)CC3)c1. The van der Waals surface area contributed by atoms with E-state index in [0.29, 0.717) is 41.1 Å². The van der Waals surface area contributed by atoms with Crippen LogP contribution in [0.2, 0.25) is 0 Å². The molecule has 9 nitrogen and oxygen atoms in total. The molecule has 3 aliphatic rings. The Kier molecular flexibility index (Phi) is 8.94. The summed E-state index contributed by atoms with van der Waals surface area (Å²) in [6, 6.07) is 4.60. The van der Waals surface area contributed by atoms with E-state index in [9.17, 15) is 31.2 Å². The van der Waals surface area contributed by atoms with Crippen molar-refractivity contribution in [1.29, 1.82) is 0 Å². The number of anilines is 2. The number of carbonyl (C=O) groups excluding carboxylic acids is 2. The highest BCUT2D eigenvalue weighted by Crippen LogP contribution is 2.54. The summed E-state index contributed by atoms with van der Waals surface area (Å²) in [6.45, 7) is 2.62. The fourth-order valence-electron chi connectivity index (χ4n) is 4.80. The zero-order valence-electron chi connectivity index (χ0n) is 22.3. The molecule has 1 aliphatic carbocycles. The first-order valence-electron chi connectivity index (χ1n) is 13.3. The van der Waals surface area contributed by atoms with Gasteiger partial charge in [0.05, 0.1) is 35.8 Å². The molecular formula is C27H33F3N4O5S. The lowest BCUT2D eigenvalue weighted by molar-refractivity contribution is -0.136. The van der Waals surface area contributed by atoms with Gasteiger partial charge in [-0.05, 0) is 69.1 Å². The van der Waals surface area contributed by atoms with Crippen LogP contribution in [0.15, 0.2) is 39.9 Å². The van der Waals surface area contributed by atoms with E-state index >= 15 is 0 Å². The third-order valence-electron chi connectivity index (χ3n) is 7.47. The van der Waals surface area contributed by atoms with Crippen LogP contribution >= 0.6 is 0 Å². The number of benzene rings is 1. The van der Waals surface area contributed by atoms with Crippen molar-refractivity contribution in [3.63, 3.8) is 0 Å². The Morgan fingerprint density at radius 1 is 1.20 bits per heavy atom. The molecule has 1 amide bonds. The van der Waals surface area contributed by atoms with E-state index in [1.807, 2.05) is 6.08 Å². The van der Waals surface area contributed by atoms with Gasteiger partial charge in [0, 0.05) is 25.9 Å². The molecule has 40 heavy (non-hydrogen) atoms.